The highest BCUT2D eigenvalue weighted by molar-refractivity contribution is 5.38. The number of nitrogens with one attached hydrogen (secondary N) is 2. The Morgan fingerprint density at radius 1 is 1.47 bits per heavy atom. The maximum absolute atomic E-state index is 4.18. The maximum atomic E-state index is 4.18. The third kappa shape index (κ3) is 2.37. The second-order valence-electron chi connectivity index (χ2n) is 3.43. The van der Waals surface area contributed by atoms with Gasteiger partial charge in [0.05, 0.1) is 30.3 Å². The number of anilines is 1. The van der Waals surface area contributed by atoms with Gasteiger partial charge in [-0.15, -0.1) is 0 Å². The van der Waals surface area contributed by atoms with E-state index in [1.165, 1.54) is 0 Å². The second kappa shape index (κ2) is 4.16. The standard InChI is InChI=1S/C10H15N5/c1-3-15-7-10(6-13-15)12-5-9-4-11-8(2)14-9/h4,6-7,12H,3,5H2,1-2H3,(H,11,14). The van der Waals surface area contributed by atoms with E-state index in [0.717, 1.165) is 30.3 Å². The lowest BCUT2D eigenvalue weighted by atomic mass is 10.4. The fourth-order valence-electron chi connectivity index (χ4n) is 1.39. The van der Waals surface area contributed by atoms with Crippen LogP contribution in [0, 0.1) is 6.92 Å². The summed E-state index contributed by atoms with van der Waals surface area (Å²) in [5.41, 5.74) is 2.11. The van der Waals surface area contributed by atoms with Gasteiger partial charge in [-0.1, -0.05) is 0 Å². The molecule has 2 heterocycles. The minimum absolute atomic E-state index is 0.746. The van der Waals surface area contributed by atoms with Gasteiger partial charge in [-0.25, -0.2) is 4.98 Å². The van der Waals surface area contributed by atoms with Crippen molar-refractivity contribution >= 4 is 5.69 Å². The summed E-state index contributed by atoms with van der Waals surface area (Å²) < 4.78 is 1.89. The number of aromatic nitrogens is 4. The summed E-state index contributed by atoms with van der Waals surface area (Å²) in [7, 11) is 0. The van der Waals surface area contributed by atoms with Crippen molar-refractivity contribution in [3.63, 3.8) is 0 Å². The molecule has 0 aliphatic heterocycles. The van der Waals surface area contributed by atoms with E-state index in [0.29, 0.717) is 0 Å². The van der Waals surface area contributed by atoms with Crippen LogP contribution in [0.2, 0.25) is 0 Å². The topological polar surface area (TPSA) is 58.5 Å². The SMILES string of the molecule is CCn1cc(NCc2cnc(C)[nH]2)cn1. The van der Waals surface area contributed by atoms with E-state index in [9.17, 15) is 0 Å². The van der Waals surface area contributed by atoms with Crippen LogP contribution in [0.1, 0.15) is 18.4 Å². The van der Waals surface area contributed by atoms with E-state index in [1.54, 1.807) is 0 Å². The second-order valence-corrected chi connectivity index (χ2v) is 3.43. The molecule has 0 saturated heterocycles. The maximum Gasteiger partial charge on any atom is 0.103 e. The molecular formula is C10H15N5. The molecule has 2 aromatic rings. The zero-order valence-electron chi connectivity index (χ0n) is 8.99. The predicted octanol–water partition coefficient (Wildman–Crippen LogP) is 1.55. The van der Waals surface area contributed by atoms with E-state index < -0.39 is 0 Å². The third-order valence-electron chi connectivity index (χ3n) is 2.20. The van der Waals surface area contributed by atoms with Crippen molar-refractivity contribution in [1.82, 2.24) is 19.7 Å². The van der Waals surface area contributed by atoms with Crippen molar-refractivity contribution in [2.24, 2.45) is 0 Å². The number of hydrogen-bond donors (Lipinski definition) is 2. The van der Waals surface area contributed by atoms with Crippen LogP contribution in [0.5, 0.6) is 0 Å². The summed E-state index contributed by atoms with van der Waals surface area (Å²) in [6, 6.07) is 0. The van der Waals surface area contributed by atoms with Crippen molar-refractivity contribution in [2.75, 3.05) is 5.32 Å². The summed E-state index contributed by atoms with van der Waals surface area (Å²) >= 11 is 0. The number of H-pyrrole nitrogens is 1. The first-order chi connectivity index (χ1) is 7.28. The molecule has 0 unspecified atom stereocenters. The molecule has 15 heavy (non-hydrogen) atoms. The van der Waals surface area contributed by atoms with Crippen molar-refractivity contribution in [3.8, 4) is 0 Å². The lowest BCUT2D eigenvalue weighted by Gasteiger charge is -1.99. The number of rotatable bonds is 4. The minimum Gasteiger partial charge on any atom is -0.377 e. The molecule has 0 bridgehead atoms. The predicted molar refractivity (Wildman–Crippen MR) is 58.6 cm³/mol. The fraction of sp³-hybridized carbons (Fsp3) is 0.400. The molecule has 5 heteroatoms. The molecule has 0 radical (unpaired) electrons. The molecule has 0 amide bonds. The van der Waals surface area contributed by atoms with Gasteiger partial charge in [-0.05, 0) is 13.8 Å². The van der Waals surface area contributed by atoms with Gasteiger partial charge < -0.3 is 10.3 Å². The number of nitrogens with zero attached hydrogens (tertiary/aromatic N) is 3. The Hall–Kier alpha value is -1.78. The number of imidazole rings is 1. The number of aromatic amines is 1. The molecule has 5 nitrogen and oxygen atoms in total. The Labute approximate surface area is 88.5 Å². The molecule has 2 rings (SSSR count). The molecule has 2 N–H and O–H groups in total. The molecule has 0 atom stereocenters. The van der Waals surface area contributed by atoms with Crippen LogP contribution in [-0.4, -0.2) is 19.7 Å². The average molecular weight is 205 g/mol. The smallest absolute Gasteiger partial charge is 0.103 e. The normalized spacial score (nSPS) is 10.5. The molecule has 2 aromatic heterocycles. The molecule has 0 aliphatic carbocycles. The van der Waals surface area contributed by atoms with Crippen LogP contribution in [0.3, 0.4) is 0 Å². The Morgan fingerprint density at radius 2 is 2.33 bits per heavy atom. The molecule has 0 spiro atoms. The van der Waals surface area contributed by atoms with Crippen LogP contribution in [0.25, 0.3) is 0 Å². The third-order valence-corrected chi connectivity index (χ3v) is 2.20. The zero-order chi connectivity index (χ0) is 10.7. The molecule has 80 valence electrons. The van der Waals surface area contributed by atoms with E-state index >= 15 is 0 Å². The summed E-state index contributed by atoms with van der Waals surface area (Å²) in [6.07, 6.45) is 5.66. The van der Waals surface area contributed by atoms with Gasteiger partial charge in [0.2, 0.25) is 0 Å². The number of hydrogen-bond acceptors (Lipinski definition) is 3. The first-order valence-electron chi connectivity index (χ1n) is 5.04. The van der Waals surface area contributed by atoms with Crippen molar-refractivity contribution in [3.05, 3.63) is 30.1 Å². The lowest BCUT2D eigenvalue weighted by Crippen LogP contribution is -1.99. The van der Waals surface area contributed by atoms with Gasteiger partial charge in [0.15, 0.2) is 0 Å². The van der Waals surface area contributed by atoms with Crippen molar-refractivity contribution < 1.29 is 0 Å². The van der Waals surface area contributed by atoms with Gasteiger partial charge >= 0.3 is 0 Å². The van der Waals surface area contributed by atoms with E-state index in [2.05, 4.69) is 27.3 Å². The van der Waals surface area contributed by atoms with E-state index in [4.69, 9.17) is 0 Å². The zero-order valence-corrected chi connectivity index (χ0v) is 8.99. The Bertz CT molecular complexity index is 428. The van der Waals surface area contributed by atoms with Crippen LogP contribution in [0.4, 0.5) is 5.69 Å². The first kappa shape index (κ1) is 9.76. The highest BCUT2D eigenvalue weighted by atomic mass is 15.3. The largest absolute Gasteiger partial charge is 0.377 e. The van der Waals surface area contributed by atoms with E-state index in [1.807, 2.05) is 30.2 Å². The molecule has 0 aromatic carbocycles. The Kier molecular flexibility index (Phi) is 2.71. The van der Waals surface area contributed by atoms with Gasteiger partial charge in [-0.3, -0.25) is 4.68 Å². The highest BCUT2D eigenvalue weighted by Gasteiger charge is 1.98. The Morgan fingerprint density at radius 3 is 2.93 bits per heavy atom. The van der Waals surface area contributed by atoms with Crippen LogP contribution < -0.4 is 5.32 Å². The summed E-state index contributed by atoms with van der Waals surface area (Å²) in [6.45, 7) is 5.65. The summed E-state index contributed by atoms with van der Waals surface area (Å²) in [4.78, 5) is 7.30. The summed E-state index contributed by atoms with van der Waals surface area (Å²) in [5, 5.41) is 7.45. The van der Waals surface area contributed by atoms with Crippen LogP contribution in [-0.2, 0) is 13.1 Å². The quantitative estimate of drug-likeness (QED) is 0.796. The van der Waals surface area contributed by atoms with Crippen LogP contribution in [0.15, 0.2) is 18.6 Å². The monoisotopic (exact) mass is 205 g/mol. The van der Waals surface area contributed by atoms with Gasteiger partial charge in [-0.2, -0.15) is 5.10 Å². The minimum atomic E-state index is 0.746. The van der Waals surface area contributed by atoms with Gasteiger partial charge in [0.25, 0.3) is 0 Å². The molecule has 0 fully saturated rings. The average Bonchev–Trinajstić information content (AvgIpc) is 2.83. The highest BCUT2D eigenvalue weighted by Crippen LogP contribution is 2.06. The first-order valence-corrected chi connectivity index (χ1v) is 5.04. The van der Waals surface area contributed by atoms with Crippen molar-refractivity contribution in [2.45, 2.75) is 26.9 Å². The van der Waals surface area contributed by atoms with Crippen LogP contribution >= 0.6 is 0 Å². The molecule has 0 saturated carbocycles. The lowest BCUT2D eigenvalue weighted by molar-refractivity contribution is 0.660. The Balaban J connectivity index is 1.93. The van der Waals surface area contributed by atoms with E-state index in [-0.39, 0.29) is 0 Å². The molecule has 0 aliphatic rings. The van der Waals surface area contributed by atoms with Crippen molar-refractivity contribution in [1.29, 1.82) is 0 Å². The number of aryl methyl sites for hydroxylation is 2. The van der Waals surface area contributed by atoms with Gasteiger partial charge in [0, 0.05) is 12.7 Å². The fourth-order valence-corrected chi connectivity index (χ4v) is 1.39. The summed E-state index contributed by atoms with van der Waals surface area (Å²) in [5.74, 6) is 0.941. The molecular weight excluding hydrogens is 190 g/mol. The van der Waals surface area contributed by atoms with Gasteiger partial charge in [0.1, 0.15) is 5.82 Å².